The Balaban J connectivity index is 2.46. The number of fused-ring (bicyclic) bond motifs is 1. The van der Waals surface area contributed by atoms with Crippen molar-refractivity contribution in [3.8, 4) is 0 Å². The molecular weight excluding hydrogens is 160 g/mol. The second kappa shape index (κ2) is 3.38. The van der Waals surface area contributed by atoms with Crippen LogP contribution in [-0.4, -0.2) is 13.1 Å². The standard InChI is InChI=1S/C11H16N2/c1-2-13-7-6-9-4-3-5-10(8-12)11(9)13/h3-5H,2,6-8,12H2,1H3. The number of nitrogens with zero attached hydrogens (tertiary/aromatic N) is 1. The highest BCUT2D eigenvalue weighted by Crippen LogP contribution is 2.30. The first kappa shape index (κ1) is 8.57. The van der Waals surface area contributed by atoms with E-state index >= 15 is 0 Å². The minimum absolute atomic E-state index is 0.652. The van der Waals surface area contributed by atoms with Gasteiger partial charge in [-0.05, 0) is 24.5 Å². The molecule has 0 spiro atoms. The largest absolute Gasteiger partial charge is 0.371 e. The molecule has 1 aromatic rings. The molecule has 2 nitrogen and oxygen atoms in total. The Bertz CT molecular complexity index is 307. The summed E-state index contributed by atoms with van der Waals surface area (Å²) in [6.45, 7) is 5.09. The maximum absolute atomic E-state index is 5.71. The number of anilines is 1. The number of hydrogen-bond donors (Lipinski definition) is 1. The van der Waals surface area contributed by atoms with Crippen LogP contribution in [0.4, 0.5) is 5.69 Å². The summed E-state index contributed by atoms with van der Waals surface area (Å²) < 4.78 is 0. The quantitative estimate of drug-likeness (QED) is 0.740. The van der Waals surface area contributed by atoms with E-state index in [2.05, 4.69) is 30.0 Å². The molecule has 1 aliphatic heterocycles. The van der Waals surface area contributed by atoms with E-state index in [0.717, 1.165) is 13.1 Å². The van der Waals surface area contributed by atoms with Gasteiger partial charge >= 0.3 is 0 Å². The fraction of sp³-hybridized carbons (Fsp3) is 0.455. The Morgan fingerprint density at radius 1 is 1.46 bits per heavy atom. The van der Waals surface area contributed by atoms with Crippen LogP contribution >= 0.6 is 0 Å². The van der Waals surface area contributed by atoms with Gasteiger partial charge in [-0.25, -0.2) is 0 Å². The fourth-order valence-corrected chi connectivity index (χ4v) is 2.10. The number of para-hydroxylation sites is 1. The van der Waals surface area contributed by atoms with Crippen molar-refractivity contribution in [3.05, 3.63) is 29.3 Å². The maximum Gasteiger partial charge on any atom is 0.0444 e. The minimum atomic E-state index is 0.652. The first-order valence-corrected chi connectivity index (χ1v) is 4.92. The predicted molar refractivity (Wildman–Crippen MR) is 55.9 cm³/mol. The van der Waals surface area contributed by atoms with Gasteiger partial charge in [0.2, 0.25) is 0 Å². The van der Waals surface area contributed by atoms with Crippen LogP contribution in [0.3, 0.4) is 0 Å². The van der Waals surface area contributed by atoms with E-state index in [9.17, 15) is 0 Å². The van der Waals surface area contributed by atoms with Gasteiger partial charge in [-0.2, -0.15) is 0 Å². The summed E-state index contributed by atoms with van der Waals surface area (Å²) in [5, 5.41) is 0. The Hall–Kier alpha value is -1.02. The van der Waals surface area contributed by atoms with E-state index in [1.807, 2.05) is 0 Å². The van der Waals surface area contributed by atoms with Crippen molar-refractivity contribution in [1.82, 2.24) is 0 Å². The highest BCUT2D eigenvalue weighted by atomic mass is 15.1. The number of benzene rings is 1. The van der Waals surface area contributed by atoms with Gasteiger partial charge in [-0.15, -0.1) is 0 Å². The van der Waals surface area contributed by atoms with Crippen LogP contribution in [0.2, 0.25) is 0 Å². The van der Waals surface area contributed by atoms with Gasteiger partial charge in [0.15, 0.2) is 0 Å². The molecule has 13 heavy (non-hydrogen) atoms. The molecule has 0 aromatic heterocycles. The van der Waals surface area contributed by atoms with Crippen LogP contribution in [0.1, 0.15) is 18.1 Å². The molecule has 0 aliphatic carbocycles. The average Bonchev–Trinajstić information content (AvgIpc) is 2.60. The Kier molecular flexibility index (Phi) is 2.23. The monoisotopic (exact) mass is 176 g/mol. The zero-order valence-electron chi connectivity index (χ0n) is 8.09. The van der Waals surface area contributed by atoms with Gasteiger partial charge in [0.1, 0.15) is 0 Å². The van der Waals surface area contributed by atoms with E-state index in [4.69, 9.17) is 5.73 Å². The van der Waals surface area contributed by atoms with E-state index in [-0.39, 0.29) is 0 Å². The van der Waals surface area contributed by atoms with Crippen molar-refractivity contribution in [2.24, 2.45) is 5.73 Å². The van der Waals surface area contributed by atoms with Crippen LogP contribution in [0.25, 0.3) is 0 Å². The summed E-state index contributed by atoms with van der Waals surface area (Å²) in [6.07, 6.45) is 1.18. The van der Waals surface area contributed by atoms with Crippen molar-refractivity contribution < 1.29 is 0 Å². The molecule has 0 saturated carbocycles. The summed E-state index contributed by atoms with van der Waals surface area (Å²) in [6, 6.07) is 6.46. The summed E-state index contributed by atoms with van der Waals surface area (Å²) in [7, 11) is 0. The Labute approximate surface area is 79.4 Å². The normalized spacial score (nSPS) is 14.8. The lowest BCUT2D eigenvalue weighted by atomic mass is 10.1. The molecule has 2 N–H and O–H groups in total. The summed E-state index contributed by atoms with van der Waals surface area (Å²) in [4.78, 5) is 2.41. The molecule has 0 unspecified atom stereocenters. The number of nitrogens with two attached hydrogens (primary N) is 1. The molecule has 2 rings (SSSR count). The smallest absolute Gasteiger partial charge is 0.0444 e. The van der Waals surface area contributed by atoms with E-state index in [0.29, 0.717) is 6.54 Å². The number of hydrogen-bond acceptors (Lipinski definition) is 2. The molecule has 0 radical (unpaired) electrons. The number of rotatable bonds is 2. The van der Waals surface area contributed by atoms with E-state index in [1.165, 1.54) is 23.2 Å². The third kappa shape index (κ3) is 1.31. The molecule has 0 bridgehead atoms. The van der Waals surface area contributed by atoms with Gasteiger partial charge in [-0.3, -0.25) is 0 Å². The van der Waals surface area contributed by atoms with Crippen LogP contribution < -0.4 is 10.6 Å². The average molecular weight is 176 g/mol. The third-order valence-corrected chi connectivity index (χ3v) is 2.77. The molecule has 70 valence electrons. The second-order valence-electron chi connectivity index (χ2n) is 3.46. The van der Waals surface area contributed by atoms with Crippen molar-refractivity contribution in [1.29, 1.82) is 0 Å². The molecule has 0 atom stereocenters. The molecule has 2 heteroatoms. The highest BCUT2D eigenvalue weighted by Gasteiger charge is 2.19. The van der Waals surface area contributed by atoms with Crippen molar-refractivity contribution in [2.45, 2.75) is 19.9 Å². The van der Waals surface area contributed by atoms with Gasteiger partial charge in [0, 0.05) is 25.3 Å². The Morgan fingerprint density at radius 2 is 2.31 bits per heavy atom. The van der Waals surface area contributed by atoms with Crippen LogP contribution in [0.15, 0.2) is 18.2 Å². The lowest BCUT2D eigenvalue weighted by molar-refractivity contribution is 0.861. The highest BCUT2D eigenvalue weighted by molar-refractivity contribution is 5.63. The molecule has 1 aliphatic rings. The SMILES string of the molecule is CCN1CCc2cccc(CN)c21. The first-order chi connectivity index (χ1) is 6.36. The van der Waals surface area contributed by atoms with Gasteiger partial charge in [-0.1, -0.05) is 18.2 Å². The molecular formula is C11H16N2. The van der Waals surface area contributed by atoms with Gasteiger partial charge in [0.25, 0.3) is 0 Å². The van der Waals surface area contributed by atoms with E-state index in [1.54, 1.807) is 0 Å². The molecule has 1 heterocycles. The van der Waals surface area contributed by atoms with Gasteiger partial charge < -0.3 is 10.6 Å². The number of likely N-dealkylation sites (N-methyl/N-ethyl adjacent to an activating group) is 1. The second-order valence-corrected chi connectivity index (χ2v) is 3.46. The summed E-state index contributed by atoms with van der Waals surface area (Å²) >= 11 is 0. The van der Waals surface area contributed by atoms with Crippen LogP contribution in [0, 0.1) is 0 Å². The lowest BCUT2D eigenvalue weighted by Crippen LogP contribution is -2.21. The first-order valence-electron chi connectivity index (χ1n) is 4.92. The van der Waals surface area contributed by atoms with Crippen molar-refractivity contribution in [3.63, 3.8) is 0 Å². The maximum atomic E-state index is 5.71. The molecule has 0 saturated heterocycles. The zero-order chi connectivity index (χ0) is 9.26. The zero-order valence-corrected chi connectivity index (χ0v) is 8.09. The molecule has 0 amide bonds. The van der Waals surface area contributed by atoms with E-state index < -0.39 is 0 Å². The predicted octanol–water partition coefficient (Wildman–Crippen LogP) is 1.53. The summed E-state index contributed by atoms with van der Waals surface area (Å²) in [5.41, 5.74) is 9.86. The minimum Gasteiger partial charge on any atom is -0.371 e. The topological polar surface area (TPSA) is 29.3 Å². The molecule has 0 fully saturated rings. The van der Waals surface area contributed by atoms with Gasteiger partial charge in [0.05, 0.1) is 0 Å². The van der Waals surface area contributed by atoms with Crippen LogP contribution in [-0.2, 0) is 13.0 Å². The fourth-order valence-electron chi connectivity index (χ4n) is 2.10. The van der Waals surface area contributed by atoms with Crippen LogP contribution in [0.5, 0.6) is 0 Å². The summed E-state index contributed by atoms with van der Waals surface area (Å²) in [5.74, 6) is 0. The lowest BCUT2D eigenvalue weighted by Gasteiger charge is -2.19. The Morgan fingerprint density at radius 3 is 3.00 bits per heavy atom. The third-order valence-electron chi connectivity index (χ3n) is 2.77. The van der Waals surface area contributed by atoms with Crippen molar-refractivity contribution >= 4 is 5.69 Å². The molecule has 1 aromatic carbocycles. The van der Waals surface area contributed by atoms with Crippen molar-refractivity contribution in [2.75, 3.05) is 18.0 Å².